The number of aromatic nitrogens is 2. The van der Waals surface area contributed by atoms with Crippen LogP contribution in [0.2, 0.25) is 0 Å². The number of ether oxygens (including phenoxy) is 4. The Balaban J connectivity index is 1.45. The third-order valence-corrected chi connectivity index (χ3v) is 5.25. The van der Waals surface area contributed by atoms with E-state index in [0.29, 0.717) is 33.9 Å². The minimum absolute atomic E-state index is 0.00961. The van der Waals surface area contributed by atoms with Gasteiger partial charge < -0.3 is 24.3 Å². The van der Waals surface area contributed by atoms with Crippen LogP contribution in [-0.2, 0) is 9.47 Å². The van der Waals surface area contributed by atoms with Crippen LogP contribution in [0.25, 0.3) is 10.9 Å². The standard InChI is InChI=1S/C21H19F2N3O4/c1-27-16-6-13-15(24-10-25-21(13)26-12-4-2-11(22)3-5-12)7-17(16)30-18-9-29-19-14(23)8-28-20(18)19/h2-7,10,14,18-20H,8-9H2,1H3,(H,24,25,26)/t14?,18?,19-,20-/m0/s1. The number of alkyl halides is 1. The first kappa shape index (κ1) is 19.0. The van der Waals surface area contributed by atoms with Gasteiger partial charge in [0, 0.05) is 17.1 Å². The second-order valence-electron chi connectivity index (χ2n) is 7.14. The molecule has 0 bridgehead atoms. The van der Waals surface area contributed by atoms with Gasteiger partial charge >= 0.3 is 0 Å². The van der Waals surface area contributed by atoms with Gasteiger partial charge in [0.05, 0.1) is 25.8 Å². The van der Waals surface area contributed by atoms with Crippen LogP contribution < -0.4 is 14.8 Å². The summed E-state index contributed by atoms with van der Waals surface area (Å²) in [7, 11) is 1.53. The molecule has 1 N–H and O–H groups in total. The van der Waals surface area contributed by atoms with Crippen LogP contribution >= 0.6 is 0 Å². The van der Waals surface area contributed by atoms with Crippen LogP contribution in [0, 0.1) is 5.82 Å². The van der Waals surface area contributed by atoms with E-state index in [4.69, 9.17) is 18.9 Å². The lowest BCUT2D eigenvalue weighted by molar-refractivity contribution is 0.0271. The first-order chi connectivity index (χ1) is 14.6. The maximum atomic E-state index is 13.8. The van der Waals surface area contributed by atoms with Crippen LogP contribution in [-0.4, -0.2) is 54.8 Å². The van der Waals surface area contributed by atoms with Crippen molar-refractivity contribution in [2.24, 2.45) is 0 Å². The van der Waals surface area contributed by atoms with Crippen molar-refractivity contribution in [1.82, 2.24) is 9.97 Å². The van der Waals surface area contributed by atoms with Crippen molar-refractivity contribution in [2.45, 2.75) is 24.5 Å². The highest BCUT2D eigenvalue weighted by atomic mass is 19.1. The Morgan fingerprint density at radius 3 is 2.63 bits per heavy atom. The lowest BCUT2D eigenvalue weighted by Gasteiger charge is -2.20. The van der Waals surface area contributed by atoms with E-state index in [-0.39, 0.29) is 19.0 Å². The van der Waals surface area contributed by atoms with E-state index in [1.165, 1.54) is 25.6 Å². The molecule has 2 aromatic carbocycles. The summed E-state index contributed by atoms with van der Waals surface area (Å²) in [5.74, 6) is 1.15. The molecule has 4 atom stereocenters. The molecule has 3 heterocycles. The van der Waals surface area contributed by atoms with Gasteiger partial charge in [-0.3, -0.25) is 0 Å². The number of rotatable bonds is 5. The van der Waals surface area contributed by atoms with Gasteiger partial charge in [0.1, 0.15) is 30.2 Å². The second kappa shape index (κ2) is 7.66. The zero-order chi connectivity index (χ0) is 20.7. The lowest BCUT2D eigenvalue weighted by atomic mass is 10.1. The fraction of sp³-hybridized carbons (Fsp3) is 0.333. The van der Waals surface area contributed by atoms with Crippen molar-refractivity contribution in [3.05, 3.63) is 48.5 Å². The molecule has 9 heteroatoms. The molecule has 30 heavy (non-hydrogen) atoms. The summed E-state index contributed by atoms with van der Waals surface area (Å²) in [6, 6.07) is 9.46. The predicted molar refractivity (Wildman–Crippen MR) is 105 cm³/mol. The fourth-order valence-electron chi connectivity index (χ4n) is 3.77. The molecule has 0 aliphatic carbocycles. The minimum atomic E-state index is -1.14. The molecule has 1 aromatic heterocycles. The first-order valence-corrected chi connectivity index (χ1v) is 9.51. The summed E-state index contributed by atoms with van der Waals surface area (Å²) < 4.78 is 49.6. The summed E-state index contributed by atoms with van der Waals surface area (Å²) in [6.45, 7) is 0.244. The van der Waals surface area contributed by atoms with E-state index in [0.717, 1.165) is 0 Å². The SMILES string of the molecule is COc1cc2c(Nc3ccc(F)cc3)ncnc2cc1OC1CO[C@H]2C(F)CO[C@@H]12. The number of anilines is 2. The lowest BCUT2D eigenvalue weighted by Crippen LogP contribution is -2.33. The molecule has 0 saturated carbocycles. The molecule has 0 spiro atoms. The van der Waals surface area contributed by atoms with E-state index in [9.17, 15) is 8.78 Å². The van der Waals surface area contributed by atoms with Crippen molar-refractivity contribution >= 4 is 22.4 Å². The summed E-state index contributed by atoms with van der Waals surface area (Å²) in [5.41, 5.74) is 1.31. The zero-order valence-corrected chi connectivity index (χ0v) is 16.0. The van der Waals surface area contributed by atoms with Crippen LogP contribution in [0.1, 0.15) is 0 Å². The number of hydrogen-bond acceptors (Lipinski definition) is 7. The number of halogens is 2. The highest BCUT2D eigenvalue weighted by molar-refractivity contribution is 5.93. The molecule has 3 aromatic rings. The molecule has 5 rings (SSSR count). The summed E-state index contributed by atoms with van der Waals surface area (Å²) >= 11 is 0. The van der Waals surface area contributed by atoms with Crippen molar-refractivity contribution in [1.29, 1.82) is 0 Å². The number of methoxy groups -OCH3 is 1. The molecule has 2 aliphatic heterocycles. The number of fused-ring (bicyclic) bond motifs is 2. The summed E-state index contributed by atoms with van der Waals surface area (Å²) in [6.07, 6.45) is -1.22. The molecular weight excluding hydrogens is 396 g/mol. The van der Waals surface area contributed by atoms with E-state index < -0.39 is 24.5 Å². The Bertz CT molecular complexity index is 1070. The molecule has 2 unspecified atom stereocenters. The fourth-order valence-corrected chi connectivity index (χ4v) is 3.77. The largest absolute Gasteiger partial charge is 0.493 e. The molecule has 2 fully saturated rings. The average molecular weight is 415 g/mol. The minimum Gasteiger partial charge on any atom is -0.493 e. The predicted octanol–water partition coefficient (Wildman–Crippen LogP) is 3.40. The summed E-state index contributed by atoms with van der Waals surface area (Å²) in [4.78, 5) is 8.61. The smallest absolute Gasteiger partial charge is 0.164 e. The Morgan fingerprint density at radius 1 is 1.03 bits per heavy atom. The number of benzene rings is 2. The van der Waals surface area contributed by atoms with Gasteiger partial charge in [0.15, 0.2) is 23.8 Å². The number of nitrogens with one attached hydrogen (secondary N) is 1. The maximum Gasteiger partial charge on any atom is 0.164 e. The topological polar surface area (TPSA) is 74.7 Å². The normalized spacial score (nSPS) is 25.3. The third-order valence-electron chi connectivity index (χ3n) is 5.25. The molecule has 2 aliphatic rings. The quantitative estimate of drug-likeness (QED) is 0.685. The van der Waals surface area contributed by atoms with E-state index in [1.807, 2.05) is 0 Å². The molecular formula is C21H19F2N3O4. The second-order valence-corrected chi connectivity index (χ2v) is 7.14. The van der Waals surface area contributed by atoms with E-state index in [1.54, 1.807) is 24.3 Å². The Kier molecular flexibility index (Phi) is 4.84. The average Bonchev–Trinajstić information content (AvgIpc) is 3.32. The van der Waals surface area contributed by atoms with Crippen LogP contribution in [0.15, 0.2) is 42.7 Å². The van der Waals surface area contributed by atoms with Gasteiger partial charge in [-0.05, 0) is 30.3 Å². The first-order valence-electron chi connectivity index (χ1n) is 9.51. The number of nitrogens with zero attached hydrogens (tertiary/aromatic N) is 2. The van der Waals surface area contributed by atoms with Gasteiger partial charge in [-0.25, -0.2) is 18.7 Å². The van der Waals surface area contributed by atoms with Crippen molar-refractivity contribution in [3.63, 3.8) is 0 Å². The highest BCUT2D eigenvalue weighted by Gasteiger charge is 2.49. The number of hydrogen-bond donors (Lipinski definition) is 1. The van der Waals surface area contributed by atoms with Crippen LogP contribution in [0.4, 0.5) is 20.3 Å². The van der Waals surface area contributed by atoms with Gasteiger partial charge in [0.2, 0.25) is 0 Å². The van der Waals surface area contributed by atoms with E-state index >= 15 is 0 Å². The van der Waals surface area contributed by atoms with Gasteiger partial charge in [-0.15, -0.1) is 0 Å². The van der Waals surface area contributed by atoms with Crippen molar-refractivity contribution in [3.8, 4) is 11.5 Å². The van der Waals surface area contributed by atoms with Crippen molar-refractivity contribution < 1.29 is 27.7 Å². The van der Waals surface area contributed by atoms with Crippen molar-refractivity contribution in [2.75, 3.05) is 25.6 Å². The summed E-state index contributed by atoms with van der Waals surface area (Å²) in [5, 5.41) is 3.86. The highest BCUT2D eigenvalue weighted by Crippen LogP contribution is 2.38. The molecule has 7 nitrogen and oxygen atoms in total. The molecule has 0 amide bonds. The van der Waals surface area contributed by atoms with E-state index in [2.05, 4.69) is 15.3 Å². The third kappa shape index (κ3) is 3.40. The molecule has 0 radical (unpaired) electrons. The van der Waals surface area contributed by atoms with Crippen LogP contribution in [0.5, 0.6) is 11.5 Å². The molecule has 156 valence electrons. The van der Waals surface area contributed by atoms with Crippen LogP contribution in [0.3, 0.4) is 0 Å². The van der Waals surface area contributed by atoms with Gasteiger partial charge in [-0.1, -0.05) is 0 Å². The van der Waals surface area contributed by atoms with Gasteiger partial charge in [-0.2, -0.15) is 0 Å². The molecule has 2 saturated heterocycles. The Morgan fingerprint density at radius 2 is 1.83 bits per heavy atom. The zero-order valence-electron chi connectivity index (χ0n) is 16.0. The Hall–Kier alpha value is -3.04. The van der Waals surface area contributed by atoms with Gasteiger partial charge in [0.25, 0.3) is 0 Å². The Labute approximate surface area is 170 Å². The maximum absolute atomic E-state index is 13.8. The monoisotopic (exact) mass is 415 g/mol.